The van der Waals surface area contributed by atoms with E-state index < -0.39 is 0 Å². The normalized spacial score (nSPS) is 11.5. The molecule has 136 valence electrons. The van der Waals surface area contributed by atoms with Gasteiger partial charge in [0.05, 0.1) is 11.0 Å². The van der Waals surface area contributed by atoms with Gasteiger partial charge in [-0.3, -0.25) is 9.36 Å². The van der Waals surface area contributed by atoms with Crippen LogP contribution in [0.4, 0.5) is 5.69 Å². The van der Waals surface area contributed by atoms with E-state index in [4.69, 9.17) is 0 Å². The van der Waals surface area contributed by atoms with Gasteiger partial charge >= 0.3 is 5.69 Å². The van der Waals surface area contributed by atoms with Gasteiger partial charge < -0.3 is 10.3 Å². The van der Waals surface area contributed by atoms with Crippen LogP contribution in [0.5, 0.6) is 0 Å². The number of carbonyl (C=O) groups excluding carboxylic acids is 1. The molecule has 2 aromatic carbocycles. The molecule has 3 aromatic rings. The summed E-state index contributed by atoms with van der Waals surface area (Å²) in [6.07, 6.45) is 0. The Kier molecular flexibility index (Phi) is 4.98. The summed E-state index contributed by atoms with van der Waals surface area (Å²) in [5.41, 5.74) is 4.27. The minimum absolute atomic E-state index is 0.0210. The summed E-state index contributed by atoms with van der Waals surface area (Å²) in [6, 6.07) is 13.5. The maximum atomic E-state index is 12.7. The lowest BCUT2D eigenvalue weighted by Crippen LogP contribution is -2.26. The van der Waals surface area contributed by atoms with Crippen molar-refractivity contribution in [1.82, 2.24) is 9.55 Å². The number of hydrogen-bond acceptors (Lipinski definition) is 2. The zero-order chi connectivity index (χ0) is 18.8. The fourth-order valence-corrected chi connectivity index (χ4v) is 3.28. The molecule has 0 saturated carbocycles. The number of fused-ring (bicyclic) bond motifs is 1. The van der Waals surface area contributed by atoms with Crippen LogP contribution in [0, 0.1) is 0 Å². The highest BCUT2D eigenvalue weighted by Gasteiger charge is 2.17. The van der Waals surface area contributed by atoms with Gasteiger partial charge in [0.2, 0.25) is 5.91 Å². The molecule has 1 aromatic heterocycles. The first kappa shape index (κ1) is 18.0. The zero-order valence-corrected chi connectivity index (χ0v) is 15.7. The minimum atomic E-state index is -0.275. The van der Waals surface area contributed by atoms with Crippen molar-refractivity contribution in [3.8, 4) is 0 Å². The highest BCUT2D eigenvalue weighted by Crippen LogP contribution is 2.32. The Morgan fingerprint density at radius 1 is 1.00 bits per heavy atom. The number of aromatic amines is 1. The largest absolute Gasteiger partial charge is 0.326 e. The third kappa shape index (κ3) is 3.43. The number of H-pyrrole nitrogens is 1. The molecule has 26 heavy (non-hydrogen) atoms. The van der Waals surface area contributed by atoms with Crippen LogP contribution in [0.2, 0.25) is 0 Å². The Morgan fingerprint density at radius 2 is 1.62 bits per heavy atom. The third-order valence-electron chi connectivity index (χ3n) is 4.62. The first-order valence-electron chi connectivity index (χ1n) is 8.98. The summed E-state index contributed by atoms with van der Waals surface area (Å²) < 4.78 is 1.47. The SMILES string of the molecule is CC(C)c1cccc(C(C)C)c1NC(=O)Cn1c(=O)[nH]c2ccccc21. The third-order valence-corrected chi connectivity index (χ3v) is 4.62. The molecular formula is C21H25N3O2. The van der Waals surface area contributed by atoms with E-state index in [0.717, 1.165) is 27.8 Å². The first-order chi connectivity index (χ1) is 12.4. The van der Waals surface area contributed by atoms with Crippen LogP contribution in [0.15, 0.2) is 47.3 Å². The molecular weight excluding hydrogens is 326 g/mol. The van der Waals surface area contributed by atoms with E-state index in [1.807, 2.05) is 42.5 Å². The predicted octanol–water partition coefficient (Wildman–Crippen LogP) is 4.22. The molecule has 0 unspecified atom stereocenters. The molecule has 3 rings (SSSR count). The molecule has 5 heteroatoms. The van der Waals surface area contributed by atoms with Crippen molar-refractivity contribution in [3.63, 3.8) is 0 Å². The molecule has 1 amide bonds. The topological polar surface area (TPSA) is 66.9 Å². The van der Waals surface area contributed by atoms with Gasteiger partial charge in [0, 0.05) is 5.69 Å². The highest BCUT2D eigenvalue weighted by atomic mass is 16.2. The molecule has 0 spiro atoms. The lowest BCUT2D eigenvalue weighted by molar-refractivity contribution is -0.116. The second-order valence-electron chi connectivity index (χ2n) is 7.20. The Labute approximate surface area is 153 Å². The average molecular weight is 351 g/mol. The molecule has 0 aliphatic carbocycles. The number of imidazole rings is 1. The van der Waals surface area contributed by atoms with Crippen LogP contribution >= 0.6 is 0 Å². The van der Waals surface area contributed by atoms with Gasteiger partial charge in [0.15, 0.2) is 0 Å². The zero-order valence-electron chi connectivity index (χ0n) is 15.7. The van der Waals surface area contributed by atoms with E-state index >= 15 is 0 Å². The van der Waals surface area contributed by atoms with Gasteiger partial charge in [0.1, 0.15) is 6.54 Å². The summed E-state index contributed by atoms with van der Waals surface area (Å²) in [7, 11) is 0. The van der Waals surface area contributed by atoms with Crippen LogP contribution in [0.1, 0.15) is 50.7 Å². The summed E-state index contributed by atoms with van der Waals surface area (Å²) in [6.45, 7) is 8.42. The van der Waals surface area contributed by atoms with Crippen molar-refractivity contribution in [2.45, 2.75) is 46.1 Å². The molecule has 0 saturated heterocycles. The van der Waals surface area contributed by atoms with Crippen LogP contribution in [0.25, 0.3) is 11.0 Å². The van der Waals surface area contributed by atoms with Gasteiger partial charge in [-0.25, -0.2) is 4.79 Å². The fraction of sp³-hybridized carbons (Fsp3) is 0.333. The van der Waals surface area contributed by atoms with E-state index in [1.54, 1.807) is 0 Å². The molecule has 0 radical (unpaired) electrons. The van der Waals surface area contributed by atoms with Crippen LogP contribution in [-0.2, 0) is 11.3 Å². The quantitative estimate of drug-likeness (QED) is 0.723. The number of nitrogens with one attached hydrogen (secondary N) is 2. The Balaban J connectivity index is 1.93. The molecule has 2 N–H and O–H groups in total. The van der Waals surface area contributed by atoms with E-state index in [-0.39, 0.29) is 18.1 Å². The number of hydrogen-bond donors (Lipinski definition) is 2. The van der Waals surface area contributed by atoms with Gasteiger partial charge in [-0.1, -0.05) is 58.0 Å². The Hall–Kier alpha value is -2.82. The number of aromatic nitrogens is 2. The monoisotopic (exact) mass is 351 g/mol. The van der Waals surface area contributed by atoms with E-state index in [0.29, 0.717) is 11.8 Å². The average Bonchev–Trinajstić information content (AvgIpc) is 2.90. The summed E-state index contributed by atoms with van der Waals surface area (Å²) in [5, 5.41) is 3.06. The maximum absolute atomic E-state index is 12.7. The lowest BCUT2D eigenvalue weighted by Gasteiger charge is -2.20. The Morgan fingerprint density at radius 3 is 2.23 bits per heavy atom. The smallest absolute Gasteiger partial charge is 0.324 e. The van der Waals surface area contributed by atoms with E-state index in [1.165, 1.54) is 4.57 Å². The van der Waals surface area contributed by atoms with Gasteiger partial charge in [-0.15, -0.1) is 0 Å². The standard InChI is InChI=1S/C21H25N3O2/c1-13(2)15-8-7-9-16(14(3)4)20(15)23-19(25)12-24-18-11-6-5-10-17(18)22-21(24)26/h5-11,13-14H,12H2,1-4H3,(H,22,26)(H,23,25). The molecule has 0 bridgehead atoms. The molecule has 1 heterocycles. The van der Waals surface area contributed by atoms with Crippen molar-refractivity contribution in [2.75, 3.05) is 5.32 Å². The lowest BCUT2D eigenvalue weighted by atomic mass is 9.92. The predicted molar refractivity (Wildman–Crippen MR) is 106 cm³/mol. The van der Waals surface area contributed by atoms with Crippen LogP contribution in [0.3, 0.4) is 0 Å². The first-order valence-corrected chi connectivity index (χ1v) is 8.98. The van der Waals surface area contributed by atoms with Gasteiger partial charge in [-0.05, 0) is 35.1 Å². The van der Waals surface area contributed by atoms with Crippen molar-refractivity contribution >= 4 is 22.6 Å². The van der Waals surface area contributed by atoms with Crippen molar-refractivity contribution in [1.29, 1.82) is 0 Å². The number of benzene rings is 2. The molecule has 0 fully saturated rings. The van der Waals surface area contributed by atoms with Crippen LogP contribution < -0.4 is 11.0 Å². The number of para-hydroxylation sites is 3. The number of rotatable bonds is 5. The summed E-state index contributed by atoms with van der Waals surface area (Å²) in [5.74, 6) is 0.381. The van der Waals surface area contributed by atoms with Crippen molar-refractivity contribution in [3.05, 3.63) is 64.1 Å². The molecule has 0 atom stereocenters. The van der Waals surface area contributed by atoms with Crippen molar-refractivity contribution in [2.24, 2.45) is 0 Å². The summed E-state index contributed by atoms with van der Waals surface area (Å²) in [4.78, 5) is 27.7. The number of carbonyl (C=O) groups is 1. The van der Waals surface area contributed by atoms with Gasteiger partial charge in [-0.2, -0.15) is 0 Å². The number of nitrogens with zero attached hydrogens (tertiary/aromatic N) is 1. The molecule has 5 nitrogen and oxygen atoms in total. The second kappa shape index (κ2) is 7.20. The number of anilines is 1. The fourth-order valence-electron chi connectivity index (χ4n) is 3.28. The van der Waals surface area contributed by atoms with E-state index in [9.17, 15) is 9.59 Å². The maximum Gasteiger partial charge on any atom is 0.326 e. The molecule has 0 aliphatic heterocycles. The van der Waals surface area contributed by atoms with Gasteiger partial charge in [0.25, 0.3) is 0 Å². The molecule has 0 aliphatic rings. The number of amides is 1. The summed E-state index contributed by atoms with van der Waals surface area (Å²) >= 11 is 0. The van der Waals surface area contributed by atoms with Crippen LogP contribution in [-0.4, -0.2) is 15.5 Å². The van der Waals surface area contributed by atoms with E-state index in [2.05, 4.69) is 38.0 Å². The second-order valence-corrected chi connectivity index (χ2v) is 7.20. The highest BCUT2D eigenvalue weighted by molar-refractivity contribution is 5.93. The van der Waals surface area contributed by atoms with Crippen molar-refractivity contribution < 1.29 is 4.79 Å². The minimum Gasteiger partial charge on any atom is -0.324 e. The Bertz CT molecular complexity index is 970.